The van der Waals surface area contributed by atoms with Gasteiger partial charge in [-0.25, -0.2) is 0 Å². The van der Waals surface area contributed by atoms with Crippen molar-refractivity contribution in [2.45, 2.75) is 0 Å². The molecule has 0 radical (unpaired) electrons. The lowest BCUT2D eigenvalue weighted by Crippen LogP contribution is -1.90. The van der Waals surface area contributed by atoms with E-state index in [0.29, 0.717) is 0 Å². The van der Waals surface area contributed by atoms with Crippen molar-refractivity contribution in [1.82, 2.24) is 0 Å². The molecule has 82 valence electrons. The Labute approximate surface area is 111 Å². The van der Waals surface area contributed by atoms with E-state index in [0.717, 1.165) is 20.3 Å². The number of halogens is 2. The van der Waals surface area contributed by atoms with E-state index >= 15 is 0 Å². The summed E-state index contributed by atoms with van der Waals surface area (Å²) in [7, 11) is 0. The molecular formula is C12H9Br2NO. The van der Waals surface area contributed by atoms with Crippen molar-refractivity contribution < 1.29 is 5.11 Å². The van der Waals surface area contributed by atoms with Crippen molar-refractivity contribution in [2.24, 2.45) is 0 Å². The van der Waals surface area contributed by atoms with E-state index in [1.54, 1.807) is 12.1 Å². The van der Waals surface area contributed by atoms with Crippen LogP contribution in [-0.4, -0.2) is 5.11 Å². The molecule has 0 aromatic heterocycles. The van der Waals surface area contributed by atoms with Gasteiger partial charge in [-0.15, -0.1) is 0 Å². The number of rotatable bonds is 2. The standard InChI is InChI=1S/C12H9Br2NO/c13-8-1-6-12(11(14)7-8)15-9-2-4-10(16)5-3-9/h1-7,15-16H. The Bertz CT molecular complexity index is 497. The van der Waals surface area contributed by atoms with Crippen molar-refractivity contribution in [2.75, 3.05) is 5.32 Å². The van der Waals surface area contributed by atoms with Crippen LogP contribution in [0.3, 0.4) is 0 Å². The predicted octanol–water partition coefficient (Wildman–Crippen LogP) is 4.66. The number of anilines is 2. The Morgan fingerprint density at radius 1 is 0.938 bits per heavy atom. The maximum absolute atomic E-state index is 9.17. The van der Waals surface area contributed by atoms with Crippen molar-refractivity contribution in [1.29, 1.82) is 0 Å². The number of aromatic hydroxyl groups is 1. The van der Waals surface area contributed by atoms with Gasteiger partial charge in [-0.1, -0.05) is 15.9 Å². The fraction of sp³-hybridized carbons (Fsp3) is 0. The van der Waals surface area contributed by atoms with Gasteiger partial charge in [0.1, 0.15) is 5.75 Å². The number of nitrogens with one attached hydrogen (secondary N) is 1. The summed E-state index contributed by atoms with van der Waals surface area (Å²) < 4.78 is 2.01. The van der Waals surface area contributed by atoms with Crippen molar-refractivity contribution in [3.63, 3.8) is 0 Å². The predicted molar refractivity (Wildman–Crippen MR) is 73.2 cm³/mol. The van der Waals surface area contributed by atoms with Gasteiger partial charge in [-0.05, 0) is 58.4 Å². The third-order valence-electron chi connectivity index (χ3n) is 2.08. The molecule has 0 unspecified atom stereocenters. The lowest BCUT2D eigenvalue weighted by Gasteiger charge is -2.08. The highest BCUT2D eigenvalue weighted by atomic mass is 79.9. The van der Waals surface area contributed by atoms with Crippen LogP contribution >= 0.6 is 31.9 Å². The van der Waals surface area contributed by atoms with E-state index in [-0.39, 0.29) is 5.75 Å². The Balaban J connectivity index is 2.23. The lowest BCUT2D eigenvalue weighted by atomic mass is 10.2. The van der Waals surface area contributed by atoms with Gasteiger partial charge in [0.15, 0.2) is 0 Å². The molecule has 2 nitrogen and oxygen atoms in total. The average molecular weight is 343 g/mol. The van der Waals surface area contributed by atoms with E-state index in [9.17, 15) is 5.11 Å². The Kier molecular flexibility index (Phi) is 3.51. The average Bonchev–Trinajstić information content (AvgIpc) is 2.25. The number of phenols is 1. The first kappa shape index (κ1) is 11.5. The number of hydrogen-bond donors (Lipinski definition) is 2. The molecular weight excluding hydrogens is 334 g/mol. The van der Waals surface area contributed by atoms with E-state index < -0.39 is 0 Å². The maximum atomic E-state index is 9.17. The molecule has 2 rings (SSSR count). The number of benzene rings is 2. The van der Waals surface area contributed by atoms with Gasteiger partial charge >= 0.3 is 0 Å². The molecule has 0 heterocycles. The first-order chi connectivity index (χ1) is 7.65. The highest BCUT2D eigenvalue weighted by Crippen LogP contribution is 2.29. The summed E-state index contributed by atoms with van der Waals surface area (Å²) in [6.45, 7) is 0. The van der Waals surface area contributed by atoms with Gasteiger partial charge < -0.3 is 10.4 Å². The fourth-order valence-electron chi connectivity index (χ4n) is 1.29. The molecule has 0 saturated heterocycles. The monoisotopic (exact) mass is 341 g/mol. The smallest absolute Gasteiger partial charge is 0.115 e. The van der Waals surface area contributed by atoms with Gasteiger partial charge in [0.25, 0.3) is 0 Å². The number of phenolic OH excluding ortho intramolecular Hbond substituents is 1. The van der Waals surface area contributed by atoms with Crippen LogP contribution in [0.15, 0.2) is 51.4 Å². The second-order valence-corrected chi connectivity index (χ2v) is 5.07. The van der Waals surface area contributed by atoms with Crippen LogP contribution in [0.25, 0.3) is 0 Å². The zero-order valence-electron chi connectivity index (χ0n) is 8.24. The largest absolute Gasteiger partial charge is 0.508 e. The normalized spacial score (nSPS) is 10.1. The minimum Gasteiger partial charge on any atom is -0.508 e. The molecule has 0 spiro atoms. The van der Waals surface area contributed by atoms with Gasteiger partial charge in [-0.3, -0.25) is 0 Å². The van der Waals surface area contributed by atoms with Crippen LogP contribution in [-0.2, 0) is 0 Å². The second kappa shape index (κ2) is 4.89. The first-order valence-corrected chi connectivity index (χ1v) is 6.25. The molecule has 4 heteroatoms. The molecule has 0 amide bonds. The van der Waals surface area contributed by atoms with E-state index in [1.165, 1.54) is 0 Å². The Morgan fingerprint density at radius 2 is 1.62 bits per heavy atom. The molecule has 0 bridgehead atoms. The van der Waals surface area contributed by atoms with Crippen LogP contribution in [0, 0.1) is 0 Å². The van der Waals surface area contributed by atoms with Crippen molar-refractivity contribution >= 4 is 43.2 Å². The molecule has 16 heavy (non-hydrogen) atoms. The summed E-state index contributed by atoms with van der Waals surface area (Å²) in [4.78, 5) is 0. The van der Waals surface area contributed by atoms with Gasteiger partial charge in [-0.2, -0.15) is 0 Å². The van der Waals surface area contributed by atoms with E-state index in [1.807, 2.05) is 30.3 Å². The van der Waals surface area contributed by atoms with Gasteiger partial charge in [0, 0.05) is 14.6 Å². The molecule has 0 fully saturated rings. The molecule has 2 aromatic rings. The minimum absolute atomic E-state index is 0.264. The topological polar surface area (TPSA) is 32.3 Å². The number of hydrogen-bond acceptors (Lipinski definition) is 2. The van der Waals surface area contributed by atoms with Crippen LogP contribution in [0.5, 0.6) is 5.75 Å². The SMILES string of the molecule is Oc1ccc(Nc2ccc(Br)cc2Br)cc1. The van der Waals surface area contributed by atoms with Crippen LogP contribution in [0.2, 0.25) is 0 Å². The zero-order chi connectivity index (χ0) is 11.5. The molecule has 0 aliphatic rings. The van der Waals surface area contributed by atoms with E-state index in [2.05, 4.69) is 37.2 Å². The highest BCUT2D eigenvalue weighted by molar-refractivity contribution is 9.11. The van der Waals surface area contributed by atoms with Crippen molar-refractivity contribution in [3.8, 4) is 5.75 Å². The third kappa shape index (κ3) is 2.77. The molecule has 2 N–H and O–H groups in total. The first-order valence-electron chi connectivity index (χ1n) is 4.66. The second-order valence-electron chi connectivity index (χ2n) is 3.30. The summed E-state index contributed by atoms with van der Waals surface area (Å²) in [6.07, 6.45) is 0. The molecule has 0 aliphatic carbocycles. The Hall–Kier alpha value is -1.000. The van der Waals surface area contributed by atoms with Gasteiger partial charge in [0.05, 0.1) is 5.69 Å². The highest BCUT2D eigenvalue weighted by Gasteiger charge is 2.00. The third-order valence-corrected chi connectivity index (χ3v) is 3.23. The molecule has 0 atom stereocenters. The molecule has 0 aliphatic heterocycles. The quantitative estimate of drug-likeness (QED) is 0.778. The minimum atomic E-state index is 0.264. The lowest BCUT2D eigenvalue weighted by molar-refractivity contribution is 0.475. The summed E-state index contributed by atoms with van der Waals surface area (Å²) >= 11 is 6.88. The van der Waals surface area contributed by atoms with Crippen LogP contribution in [0.4, 0.5) is 11.4 Å². The van der Waals surface area contributed by atoms with Crippen molar-refractivity contribution in [3.05, 3.63) is 51.4 Å². The van der Waals surface area contributed by atoms with Crippen LogP contribution in [0.1, 0.15) is 0 Å². The Morgan fingerprint density at radius 3 is 2.25 bits per heavy atom. The summed E-state index contributed by atoms with van der Waals surface area (Å²) in [5, 5.41) is 12.4. The summed E-state index contributed by atoms with van der Waals surface area (Å²) in [6, 6.07) is 12.9. The fourth-order valence-corrected chi connectivity index (χ4v) is 2.44. The molecule has 2 aromatic carbocycles. The maximum Gasteiger partial charge on any atom is 0.115 e. The zero-order valence-corrected chi connectivity index (χ0v) is 11.4. The van der Waals surface area contributed by atoms with E-state index in [4.69, 9.17) is 0 Å². The summed E-state index contributed by atoms with van der Waals surface area (Å²) in [5.41, 5.74) is 1.91. The van der Waals surface area contributed by atoms with Gasteiger partial charge in [0.2, 0.25) is 0 Å². The van der Waals surface area contributed by atoms with Crippen LogP contribution < -0.4 is 5.32 Å². The molecule has 0 saturated carbocycles. The summed E-state index contributed by atoms with van der Waals surface area (Å²) in [5.74, 6) is 0.264.